The van der Waals surface area contributed by atoms with Crippen LogP contribution in [0, 0.1) is 5.41 Å². The molecule has 0 aliphatic carbocycles. The number of aromatic nitrogens is 2. The lowest BCUT2D eigenvalue weighted by Gasteiger charge is -2.26. The smallest absolute Gasteiger partial charge is 0.193 e. The normalized spacial score (nSPS) is 14.5. The summed E-state index contributed by atoms with van der Waals surface area (Å²) >= 11 is 1.67. The second-order valence-corrected chi connectivity index (χ2v) is 6.21. The van der Waals surface area contributed by atoms with Gasteiger partial charge in [0.05, 0.1) is 5.69 Å². The maximum absolute atomic E-state index is 6.14. The van der Waals surface area contributed by atoms with Crippen molar-refractivity contribution >= 4 is 16.3 Å². The average Bonchev–Trinajstić information content (AvgIpc) is 2.71. The monoisotopic (exact) mass is 237 g/mol. The van der Waals surface area contributed by atoms with Crippen molar-refractivity contribution in [1.29, 1.82) is 0 Å². The molecular weight excluding hydrogens is 218 g/mol. The molecule has 0 radical (unpaired) electrons. The van der Waals surface area contributed by atoms with Crippen LogP contribution in [0.4, 0.5) is 0 Å². The zero-order valence-electron chi connectivity index (χ0n) is 10.1. The van der Waals surface area contributed by atoms with E-state index in [0.29, 0.717) is 0 Å². The number of hydrogen-bond donors (Lipinski definition) is 1. The fourth-order valence-corrected chi connectivity index (χ4v) is 2.35. The van der Waals surface area contributed by atoms with Gasteiger partial charge >= 0.3 is 0 Å². The number of fused-ring (bicyclic) bond motifs is 1. The van der Waals surface area contributed by atoms with Crippen LogP contribution in [0.1, 0.15) is 32.9 Å². The molecule has 0 aliphatic heterocycles. The number of nitrogens with two attached hydrogens (primary N) is 1. The summed E-state index contributed by atoms with van der Waals surface area (Å²) in [5.74, 6) is 0. The average molecular weight is 237 g/mol. The number of hydrogen-bond acceptors (Lipinski definition) is 3. The van der Waals surface area contributed by atoms with Crippen LogP contribution < -0.4 is 5.73 Å². The highest BCUT2D eigenvalue weighted by molar-refractivity contribution is 7.15. The van der Waals surface area contributed by atoms with E-state index in [9.17, 15) is 0 Å². The van der Waals surface area contributed by atoms with Crippen molar-refractivity contribution in [2.75, 3.05) is 0 Å². The number of rotatable bonds is 3. The first-order chi connectivity index (χ1) is 7.47. The molecule has 2 aromatic heterocycles. The molecule has 2 rings (SSSR count). The lowest BCUT2D eigenvalue weighted by atomic mass is 9.84. The summed E-state index contributed by atoms with van der Waals surface area (Å²) in [5.41, 5.74) is 7.46. The molecule has 1 unspecified atom stereocenters. The van der Waals surface area contributed by atoms with Gasteiger partial charge in [0.1, 0.15) is 0 Å². The minimum absolute atomic E-state index is 0.178. The van der Waals surface area contributed by atoms with Crippen LogP contribution in [0.2, 0.25) is 0 Å². The van der Waals surface area contributed by atoms with Gasteiger partial charge in [0.25, 0.3) is 0 Å². The van der Waals surface area contributed by atoms with Crippen molar-refractivity contribution in [3.63, 3.8) is 0 Å². The Morgan fingerprint density at radius 1 is 1.50 bits per heavy atom. The molecule has 0 saturated carbocycles. The van der Waals surface area contributed by atoms with Gasteiger partial charge in [-0.05, 0) is 18.3 Å². The standard InChI is InChI=1S/C12H19N3S/c1-12(2,3)10(13)5-4-9-8-15-6-7-16-11(15)14-9/h6-8,10H,4-5,13H2,1-3H3. The Morgan fingerprint density at radius 2 is 2.25 bits per heavy atom. The Hall–Kier alpha value is -0.870. The molecular formula is C12H19N3S. The highest BCUT2D eigenvalue weighted by Gasteiger charge is 2.20. The Labute approximate surface area is 100 Å². The van der Waals surface area contributed by atoms with Gasteiger partial charge in [-0.1, -0.05) is 20.8 Å². The first-order valence-corrected chi connectivity index (χ1v) is 6.51. The summed E-state index contributed by atoms with van der Waals surface area (Å²) in [6.45, 7) is 6.55. The predicted octanol–water partition coefficient (Wildman–Crippen LogP) is 2.70. The summed E-state index contributed by atoms with van der Waals surface area (Å²) in [4.78, 5) is 5.62. The zero-order chi connectivity index (χ0) is 11.8. The third kappa shape index (κ3) is 2.44. The second kappa shape index (κ2) is 4.18. The molecule has 88 valence electrons. The minimum Gasteiger partial charge on any atom is -0.327 e. The van der Waals surface area contributed by atoms with Crippen LogP contribution >= 0.6 is 11.3 Å². The summed E-state index contributed by atoms with van der Waals surface area (Å²) in [7, 11) is 0. The highest BCUT2D eigenvalue weighted by Crippen LogP contribution is 2.21. The maximum Gasteiger partial charge on any atom is 0.193 e. The molecule has 16 heavy (non-hydrogen) atoms. The van der Waals surface area contributed by atoms with Crippen LogP contribution in [-0.4, -0.2) is 15.4 Å². The molecule has 2 heterocycles. The molecule has 0 fully saturated rings. The quantitative estimate of drug-likeness (QED) is 0.892. The Kier molecular flexibility index (Phi) is 3.04. The maximum atomic E-state index is 6.14. The summed E-state index contributed by atoms with van der Waals surface area (Å²) in [6, 6.07) is 0.229. The highest BCUT2D eigenvalue weighted by atomic mass is 32.1. The molecule has 0 aromatic carbocycles. The van der Waals surface area contributed by atoms with Crippen LogP contribution in [0.15, 0.2) is 17.8 Å². The molecule has 0 spiro atoms. The predicted molar refractivity (Wildman–Crippen MR) is 68.8 cm³/mol. The number of thiazole rings is 1. The molecule has 3 nitrogen and oxygen atoms in total. The van der Waals surface area contributed by atoms with Crippen molar-refractivity contribution in [2.45, 2.75) is 39.7 Å². The van der Waals surface area contributed by atoms with Crippen LogP contribution in [0.25, 0.3) is 4.96 Å². The van der Waals surface area contributed by atoms with E-state index in [2.05, 4.69) is 36.4 Å². The van der Waals surface area contributed by atoms with E-state index in [-0.39, 0.29) is 11.5 Å². The van der Waals surface area contributed by atoms with Gasteiger partial charge in [0, 0.05) is 23.8 Å². The zero-order valence-corrected chi connectivity index (χ0v) is 10.9. The molecule has 4 heteroatoms. The SMILES string of the molecule is CC(C)(C)C(N)CCc1cn2ccsc2n1. The van der Waals surface area contributed by atoms with Crippen molar-refractivity contribution in [1.82, 2.24) is 9.38 Å². The van der Waals surface area contributed by atoms with Gasteiger partial charge in [-0.15, -0.1) is 11.3 Å². The van der Waals surface area contributed by atoms with Gasteiger partial charge < -0.3 is 5.73 Å². The molecule has 0 aliphatic rings. The van der Waals surface area contributed by atoms with Gasteiger partial charge in [0.2, 0.25) is 0 Å². The number of aryl methyl sites for hydroxylation is 1. The number of imidazole rings is 1. The van der Waals surface area contributed by atoms with Gasteiger partial charge in [-0.3, -0.25) is 4.40 Å². The van der Waals surface area contributed by atoms with Gasteiger partial charge in [0.15, 0.2) is 4.96 Å². The topological polar surface area (TPSA) is 43.3 Å². The molecule has 0 amide bonds. The lowest BCUT2D eigenvalue weighted by molar-refractivity contribution is 0.305. The second-order valence-electron chi connectivity index (χ2n) is 5.34. The van der Waals surface area contributed by atoms with Gasteiger partial charge in [-0.2, -0.15) is 0 Å². The third-order valence-corrected chi connectivity index (χ3v) is 3.74. The summed E-state index contributed by atoms with van der Waals surface area (Å²) in [5, 5.41) is 2.05. The molecule has 1 atom stereocenters. The van der Waals surface area contributed by atoms with Crippen molar-refractivity contribution in [2.24, 2.45) is 11.1 Å². The first kappa shape index (κ1) is 11.6. The van der Waals surface area contributed by atoms with Crippen LogP contribution in [0.3, 0.4) is 0 Å². The lowest BCUT2D eigenvalue weighted by Crippen LogP contribution is -2.35. The van der Waals surface area contributed by atoms with E-state index in [1.807, 2.05) is 11.6 Å². The van der Waals surface area contributed by atoms with Crippen molar-refractivity contribution in [3.05, 3.63) is 23.5 Å². The Bertz CT molecular complexity index is 435. The summed E-state index contributed by atoms with van der Waals surface area (Å²) < 4.78 is 2.07. The molecule has 0 bridgehead atoms. The Balaban J connectivity index is 1.98. The molecule has 2 aromatic rings. The van der Waals surface area contributed by atoms with Gasteiger partial charge in [-0.25, -0.2) is 4.98 Å². The third-order valence-electron chi connectivity index (χ3n) is 2.97. The van der Waals surface area contributed by atoms with E-state index in [1.165, 1.54) is 0 Å². The molecule has 0 saturated heterocycles. The van der Waals surface area contributed by atoms with Crippen molar-refractivity contribution < 1.29 is 0 Å². The fraction of sp³-hybridized carbons (Fsp3) is 0.583. The van der Waals surface area contributed by atoms with E-state index in [0.717, 1.165) is 23.5 Å². The largest absolute Gasteiger partial charge is 0.327 e. The Morgan fingerprint density at radius 3 is 2.88 bits per heavy atom. The fourth-order valence-electron chi connectivity index (χ4n) is 1.63. The van der Waals surface area contributed by atoms with Crippen molar-refractivity contribution in [3.8, 4) is 0 Å². The van der Waals surface area contributed by atoms with E-state index >= 15 is 0 Å². The summed E-state index contributed by atoms with van der Waals surface area (Å²) in [6.07, 6.45) is 6.10. The van der Waals surface area contributed by atoms with Crippen LogP contribution in [0.5, 0.6) is 0 Å². The first-order valence-electron chi connectivity index (χ1n) is 5.63. The number of nitrogens with zero attached hydrogens (tertiary/aromatic N) is 2. The van der Waals surface area contributed by atoms with Crippen LogP contribution in [-0.2, 0) is 6.42 Å². The minimum atomic E-state index is 0.178. The van der Waals surface area contributed by atoms with E-state index < -0.39 is 0 Å². The van der Waals surface area contributed by atoms with E-state index in [1.54, 1.807) is 11.3 Å². The molecule has 2 N–H and O–H groups in total. The van der Waals surface area contributed by atoms with E-state index in [4.69, 9.17) is 5.73 Å².